The summed E-state index contributed by atoms with van der Waals surface area (Å²) in [5, 5.41) is 3.11. The van der Waals surface area contributed by atoms with E-state index in [2.05, 4.69) is 5.32 Å². The van der Waals surface area contributed by atoms with Crippen molar-refractivity contribution in [3.05, 3.63) is 50.1 Å². The number of amides is 1. The molecular weight excluding hydrogens is 333 g/mol. The van der Waals surface area contributed by atoms with Crippen molar-refractivity contribution < 1.29 is 14.3 Å². The van der Waals surface area contributed by atoms with Gasteiger partial charge in [0.1, 0.15) is 4.88 Å². The summed E-state index contributed by atoms with van der Waals surface area (Å²) >= 11 is 13.1. The van der Waals surface area contributed by atoms with Crippen LogP contribution in [0.1, 0.15) is 14.5 Å². The number of anilines is 1. The van der Waals surface area contributed by atoms with Gasteiger partial charge in [-0.1, -0.05) is 29.3 Å². The number of halogens is 2. The molecule has 0 aliphatic rings. The number of hydrogen-bond donors (Lipinski definition) is 1. The van der Waals surface area contributed by atoms with Crippen LogP contribution >= 0.6 is 34.5 Å². The van der Waals surface area contributed by atoms with Gasteiger partial charge in [0.2, 0.25) is 0 Å². The van der Waals surface area contributed by atoms with Crippen molar-refractivity contribution in [1.29, 1.82) is 0 Å². The Morgan fingerprint density at radius 1 is 1.24 bits per heavy atom. The normalized spacial score (nSPS) is 10.2. The number of nitrogens with one attached hydrogen (secondary N) is 1. The fourth-order valence-electron chi connectivity index (χ4n) is 1.53. The molecular formula is C14H11Cl2NO3S. The molecule has 1 aromatic heterocycles. The summed E-state index contributed by atoms with van der Waals surface area (Å²) in [5.74, 6) is -1.01. The monoisotopic (exact) mass is 343 g/mol. The number of ether oxygens (including phenoxy) is 1. The molecule has 0 fully saturated rings. The second-order valence-electron chi connectivity index (χ2n) is 4.14. The van der Waals surface area contributed by atoms with Crippen molar-refractivity contribution in [2.75, 3.05) is 11.9 Å². The summed E-state index contributed by atoms with van der Waals surface area (Å²) in [4.78, 5) is 24.9. The number of hydrogen-bond acceptors (Lipinski definition) is 4. The Balaban J connectivity index is 1.90. The second-order valence-corrected chi connectivity index (χ2v) is 6.21. The maximum Gasteiger partial charge on any atom is 0.348 e. The van der Waals surface area contributed by atoms with Crippen LogP contribution in [0.5, 0.6) is 0 Å². The van der Waals surface area contributed by atoms with Crippen molar-refractivity contribution in [3.8, 4) is 0 Å². The Labute approximate surface area is 135 Å². The van der Waals surface area contributed by atoms with Crippen LogP contribution in [0, 0.1) is 6.92 Å². The zero-order valence-corrected chi connectivity index (χ0v) is 13.3. The van der Waals surface area contributed by atoms with E-state index in [-0.39, 0.29) is 5.02 Å². The topological polar surface area (TPSA) is 55.4 Å². The lowest BCUT2D eigenvalue weighted by Crippen LogP contribution is -2.20. The highest BCUT2D eigenvalue weighted by Crippen LogP contribution is 2.29. The molecule has 0 unspecified atom stereocenters. The van der Waals surface area contributed by atoms with Gasteiger partial charge < -0.3 is 10.1 Å². The smallest absolute Gasteiger partial charge is 0.348 e. The van der Waals surface area contributed by atoms with Crippen molar-refractivity contribution in [1.82, 2.24) is 0 Å². The molecule has 1 aromatic carbocycles. The van der Waals surface area contributed by atoms with Gasteiger partial charge in [-0.15, -0.1) is 11.3 Å². The quantitative estimate of drug-likeness (QED) is 0.848. The Kier molecular flexibility index (Phi) is 5.22. The van der Waals surface area contributed by atoms with Gasteiger partial charge >= 0.3 is 5.97 Å². The fraction of sp³-hybridized carbons (Fsp3) is 0.143. The van der Waals surface area contributed by atoms with Gasteiger partial charge in [0.25, 0.3) is 5.91 Å². The Morgan fingerprint density at radius 2 is 2.00 bits per heavy atom. The highest BCUT2D eigenvalue weighted by atomic mass is 35.5. The molecule has 0 bridgehead atoms. The first-order valence-electron chi connectivity index (χ1n) is 5.95. The molecule has 110 valence electrons. The first-order chi connectivity index (χ1) is 9.97. The average molecular weight is 344 g/mol. The van der Waals surface area contributed by atoms with Crippen molar-refractivity contribution >= 4 is 52.1 Å². The van der Waals surface area contributed by atoms with Crippen LogP contribution in [0.4, 0.5) is 5.69 Å². The molecule has 0 radical (unpaired) electrons. The Bertz CT molecular complexity index is 685. The minimum Gasteiger partial charge on any atom is -0.451 e. The largest absolute Gasteiger partial charge is 0.451 e. The number of benzene rings is 1. The van der Waals surface area contributed by atoms with Crippen LogP contribution in [-0.2, 0) is 9.53 Å². The Morgan fingerprint density at radius 3 is 2.67 bits per heavy atom. The number of aryl methyl sites for hydroxylation is 1. The van der Waals surface area contributed by atoms with E-state index in [1.807, 2.05) is 13.0 Å². The molecule has 0 aliphatic heterocycles. The molecule has 4 nitrogen and oxygen atoms in total. The van der Waals surface area contributed by atoms with Gasteiger partial charge in [-0.05, 0) is 31.2 Å². The van der Waals surface area contributed by atoms with Crippen LogP contribution in [-0.4, -0.2) is 18.5 Å². The molecule has 2 aromatic rings. The first kappa shape index (κ1) is 15.8. The van der Waals surface area contributed by atoms with E-state index in [9.17, 15) is 9.59 Å². The average Bonchev–Trinajstić information content (AvgIpc) is 2.88. The summed E-state index contributed by atoms with van der Waals surface area (Å²) in [5.41, 5.74) is 0.372. The number of carbonyl (C=O) groups is 2. The molecule has 21 heavy (non-hydrogen) atoms. The lowest BCUT2D eigenvalue weighted by molar-refractivity contribution is -0.119. The maximum atomic E-state index is 11.7. The molecule has 0 aliphatic carbocycles. The molecule has 1 heterocycles. The zero-order valence-electron chi connectivity index (χ0n) is 11.0. The van der Waals surface area contributed by atoms with E-state index in [4.69, 9.17) is 27.9 Å². The predicted molar refractivity (Wildman–Crippen MR) is 84.4 cm³/mol. The van der Waals surface area contributed by atoms with Gasteiger partial charge in [0, 0.05) is 4.88 Å². The lowest BCUT2D eigenvalue weighted by Gasteiger charge is -2.08. The molecule has 0 saturated heterocycles. The summed E-state index contributed by atoms with van der Waals surface area (Å²) in [7, 11) is 0. The minimum absolute atomic E-state index is 0.243. The second kappa shape index (κ2) is 6.93. The fourth-order valence-corrected chi connectivity index (χ4v) is 2.64. The molecule has 1 amide bonds. The van der Waals surface area contributed by atoms with Crippen LogP contribution in [0.2, 0.25) is 10.0 Å². The molecule has 0 spiro atoms. The maximum absolute atomic E-state index is 11.7. The molecule has 7 heteroatoms. The Hall–Kier alpha value is -1.56. The highest BCUT2D eigenvalue weighted by Gasteiger charge is 2.13. The minimum atomic E-state index is -0.527. The van der Waals surface area contributed by atoms with E-state index in [1.54, 1.807) is 24.3 Å². The van der Waals surface area contributed by atoms with Gasteiger partial charge in [-0.2, -0.15) is 0 Å². The van der Waals surface area contributed by atoms with Crippen molar-refractivity contribution in [3.63, 3.8) is 0 Å². The zero-order chi connectivity index (χ0) is 15.4. The van der Waals surface area contributed by atoms with E-state index >= 15 is 0 Å². The van der Waals surface area contributed by atoms with Gasteiger partial charge in [0.15, 0.2) is 6.61 Å². The van der Waals surface area contributed by atoms with Crippen LogP contribution < -0.4 is 5.32 Å². The standard InChI is InChI=1S/C14H11Cl2NO3S/c1-8-5-6-11(21-8)14(19)20-7-12(18)17-10-4-2-3-9(15)13(10)16/h2-6H,7H2,1H3,(H,17,18). The van der Waals surface area contributed by atoms with E-state index < -0.39 is 18.5 Å². The summed E-state index contributed by atoms with van der Waals surface area (Å²) < 4.78 is 4.93. The lowest BCUT2D eigenvalue weighted by atomic mass is 10.3. The third kappa shape index (κ3) is 4.20. The molecule has 1 N–H and O–H groups in total. The highest BCUT2D eigenvalue weighted by molar-refractivity contribution is 7.13. The molecule has 0 atom stereocenters. The summed E-state index contributed by atoms with van der Waals surface area (Å²) in [6.45, 7) is 1.49. The number of carbonyl (C=O) groups excluding carboxylic acids is 2. The first-order valence-corrected chi connectivity index (χ1v) is 7.52. The van der Waals surface area contributed by atoms with Crippen LogP contribution in [0.3, 0.4) is 0 Å². The third-order valence-corrected chi connectivity index (χ3v) is 4.30. The number of thiophene rings is 1. The summed E-state index contributed by atoms with van der Waals surface area (Å²) in [6.07, 6.45) is 0. The number of esters is 1. The van der Waals surface area contributed by atoms with Gasteiger partial charge in [0.05, 0.1) is 15.7 Å². The molecule has 2 rings (SSSR count). The van der Waals surface area contributed by atoms with Crippen LogP contribution in [0.15, 0.2) is 30.3 Å². The number of rotatable bonds is 4. The van der Waals surface area contributed by atoms with E-state index in [1.165, 1.54) is 11.3 Å². The van der Waals surface area contributed by atoms with Gasteiger partial charge in [-0.25, -0.2) is 4.79 Å². The summed E-state index contributed by atoms with van der Waals surface area (Å²) in [6, 6.07) is 8.35. The van der Waals surface area contributed by atoms with Gasteiger partial charge in [-0.3, -0.25) is 4.79 Å². The SMILES string of the molecule is Cc1ccc(C(=O)OCC(=O)Nc2cccc(Cl)c2Cl)s1. The van der Waals surface area contributed by atoms with Crippen molar-refractivity contribution in [2.24, 2.45) is 0 Å². The van der Waals surface area contributed by atoms with Crippen molar-refractivity contribution in [2.45, 2.75) is 6.92 Å². The van der Waals surface area contributed by atoms with E-state index in [0.29, 0.717) is 15.6 Å². The van der Waals surface area contributed by atoms with E-state index in [0.717, 1.165) is 4.88 Å². The molecule has 0 saturated carbocycles. The predicted octanol–water partition coefficient (Wildman–Crippen LogP) is 4.16. The van der Waals surface area contributed by atoms with Crippen LogP contribution in [0.25, 0.3) is 0 Å². The third-order valence-electron chi connectivity index (χ3n) is 2.50.